The van der Waals surface area contributed by atoms with E-state index in [2.05, 4.69) is 5.32 Å². The van der Waals surface area contributed by atoms with E-state index in [4.69, 9.17) is 30.5 Å². The Labute approximate surface area is 270 Å². The standard InChI is InChI=1S/C32H40ClN3O8S/c1-21(2)18-34-32(38)22(3)35(19-23-8-11-25(41-4)12-9-23)31(37)20-36(27-16-24(33)10-14-28(27)42-5)45(39,40)26-13-15-29(43-6)30(17-26)44-7/h8-17,21-22H,18-20H2,1-7H3,(H,34,38)/t22-/m0/s1. The van der Waals surface area contributed by atoms with Gasteiger partial charge in [-0.3, -0.25) is 13.9 Å². The number of anilines is 1. The number of carbonyl (C=O) groups excluding carboxylic acids is 2. The maximum Gasteiger partial charge on any atom is 0.265 e. The minimum atomic E-state index is -4.44. The van der Waals surface area contributed by atoms with E-state index in [9.17, 15) is 18.0 Å². The van der Waals surface area contributed by atoms with Crippen molar-refractivity contribution >= 4 is 39.1 Å². The van der Waals surface area contributed by atoms with Crippen LogP contribution in [0.25, 0.3) is 0 Å². The molecule has 2 amide bonds. The fourth-order valence-corrected chi connectivity index (χ4v) is 6.04. The molecule has 244 valence electrons. The van der Waals surface area contributed by atoms with Crippen LogP contribution in [-0.4, -0.2) is 72.7 Å². The lowest BCUT2D eigenvalue weighted by atomic mass is 10.1. The molecular formula is C32H40ClN3O8S. The summed E-state index contributed by atoms with van der Waals surface area (Å²) in [7, 11) is 1.30. The van der Waals surface area contributed by atoms with Gasteiger partial charge in [-0.15, -0.1) is 0 Å². The van der Waals surface area contributed by atoms with Gasteiger partial charge in [0.1, 0.15) is 24.1 Å². The molecule has 0 fully saturated rings. The number of hydrogen-bond donors (Lipinski definition) is 1. The molecule has 0 unspecified atom stereocenters. The van der Waals surface area contributed by atoms with Gasteiger partial charge in [0.15, 0.2) is 11.5 Å². The first-order valence-corrected chi connectivity index (χ1v) is 16.0. The molecule has 0 aliphatic rings. The summed E-state index contributed by atoms with van der Waals surface area (Å²) in [4.78, 5) is 28.6. The minimum absolute atomic E-state index is 0.0238. The van der Waals surface area contributed by atoms with E-state index in [1.54, 1.807) is 44.4 Å². The number of sulfonamides is 1. The molecule has 11 nitrogen and oxygen atoms in total. The lowest BCUT2D eigenvalue weighted by Crippen LogP contribution is -2.51. The first kappa shape index (κ1) is 35.3. The number of nitrogens with one attached hydrogen (secondary N) is 1. The Morgan fingerprint density at radius 3 is 2.02 bits per heavy atom. The molecule has 3 aromatic carbocycles. The van der Waals surface area contributed by atoms with Crippen LogP contribution in [0.1, 0.15) is 26.3 Å². The van der Waals surface area contributed by atoms with Crippen molar-refractivity contribution in [2.75, 3.05) is 45.8 Å². The van der Waals surface area contributed by atoms with Crippen molar-refractivity contribution in [3.05, 3.63) is 71.2 Å². The van der Waals surface area contributed by atoms with Gasteiger partial charge >= 0.3 is 0 Å². The molecule has 45 heavy (non-hydrogen) atoms. The molecule has 1 N–H and O–H groups in total. The van der Waals surface area contributed by atoms with E-state index in [0.717, 1.165) is 4.31 Å². The molecule has 13 heteroatoms. The Kier molecular flexibility index (Phi) is 12.3. The number of halogens is 1. The average Bonchev–Trinajstić information content (AvgIpc) is 3.04. The summed E-state index contributed by atoms with van der Waals surface area (Å²) in [6, 6.07) is 14.7. The summed E-state index contributed by atoms with van der Waals surface area (Å²) in [5.41, 5.74) is 0.747. The third kappa shape index (κ3) is 8.73. The van der Waals surface area contributed by atoms with Gasteiger partial charge < -0.3 is 29.2 Å². The van der Waals surface area contributed by atoms with E-state index in [1.165, 1.54) is 56.6 Å². The van der Waals surface area contributed by atoms with Crippen LogP contribution in [0.15, 0.2) is 65.6 Å². The second kappa shape index (κ2) is 15.7. The lowest BCUT2D eigenvalue weighted by molar-refractivity contribution is -0.139. The van der Waals surface area contributed by atoms with E-state index in [0.29, 0.717) is 23.6 Å². The zero-order valence-corrected chi connectivity index (χ0v) is 28.1. The van der Waals surface area contributed by atoms with Crippen molar-refractivity contribution in [2.45, 2.75) is 38.3 Å². The first-order chi connectivity index (χ1) is 21.4. The topological polar surface area (TPSA) is 124 Å². The van der Waals surface area contributed by atoms with Crippen molar-refractivity contribution in [1.29, 1.82) is 0 Å². The molecule has 0 aromatic heterocycles. The molecular weight excluding hydrogens is 622 g/mol. The van der Waals surface area contributed by atoms with Crippen LogP contribution in [0.3, 0.4) is 0 Å². The Morgan fingerprint density at radius 2 is 1.44 bits per heavy atom. The van der Waals surface area contributed by atoms with Crippen molar-refractivity contribution in [2.24, 2.45) is 5.92 Å². The van der Waals surface area contributed by atoms with Gasteiger partial charge in [-0.05, 0) is 60.9 Å². The van der Waals surface area contributed by atoms with Crippen molar-refractivity contribution < 1.29 is 37.0 Å². The van der Waals surface area contributed by atoms with Gasteiger partial charge in [0, 0.05) is 24.2 Å². The second-order valence-electron chi connectivity index (χ2n) is 10.5. The zero-order chi connectivity index (χ0) is 33.3. The molecule has 3 aromatic rings. The lowest BCUT2D eigenvalue weighted by Gasteiger charge is -2.32. The van der Waals surface area contributed by atoms with Crippen LogP contribution >= 0.6 is 11.6 Å². The monoisotopic (exact) mass is 661 g/mol. The molecule has 0 aliphatic heterocycles. The molecule has 0 spiro atoms. The molecule has 0 aliphatic carbocycles. The molecule has 0 saturated carbocycles. The van der Waals surface area contributed by atoms with E-state index >= 15 is 0 Å². The van der Waals surface area contributed by atoms with Crippen LogP contribution in [0, 0.1) is 5.92 Å². The van der Waals surface area contributed by atoms with E-state index in [-0.39, 0.29) is 45.5 Å². The Balaban J connectivity index is 2.12. The highest BCUT2D eigenvalue weighted by atomic mass is 35.5. The van der Waals surface area contributed by atoms with E-state index in [1.807, 2.05) is 13.8 Å². The number of nitrogens with zero attached hydrogens (tertiary/aromatic N) is 2. The summed E-state index contributed by atoms with van der Waals surface area (Å²) in [5, 5.41) is 3.09. The summed E-state index contributed by atoms with van der Waals surface area (Å²) in [6.07, 6.45) is 0. The summed E-state index contributed by atoms with van der Waals surface area (Å²) in [6.45, 7) is 5.28. The number of hydrogen-bond acceptors (Lipinski definition) is 8. The number of methoxy groups -OCH3 is 4. The van der Waals surface area contributed by atoms with Crippen LogP contribution in [0.4, 0.5) is 5.69 Å². The van der Waals surface area contributed by atoms with Gasteiger partial charge in [0.2, 0.25) is 11.8 Å². The van der Waals surface area contributed by atoms with Crippen LogP contribution in [-0.2, 0) is 26.2 Å². The highest BCUT2D eigenvalue weighted by Gasteiger charge is 2.34. The van der Waals surface area contributed by atoms with Gasteiger partial charge in [0.25, 0.3) is 10.0 Å². The van der Waals surface area contributed by atoms with Gasteiger partial charge in [0.05, 0.1) is 39.0 Å². The second-order valence-corrected chi connectivity index (χ2v) is 12.8. The highest BCUT2D eigenvalue weighted by molar-refractivity contribution is 7.92. The third-order valence-corrected chi connectivity index (χ3v) is 8.99. The molecule has 0 saturated heterocycles. The van der Waals surface area contributed by atoms with Crippen LogP contribution < -0.4 is 28.6 Å². The van der Waals surface area contributed by atoms with E-state index < -0.39 is 28.5 Å². The summed E-state index contributed by atoms with van der Waals surface area (Å²) < 4.78 is 50.9. The predicted octanol–water partition coefficient (Wildman–Crippen LogP) is 4.76. The molecule has 0 bridgehead atoms. The number of carbonyl (C=O) groups is 2. The fourth-order valence-electron chi connectivity index (χ4n) is 4.44. The van der Waals surface area contributed by atoms with Crippen molar-refractivity contribution in [3.63, 3.8) is 0 Å². The quantitative estimate of drug-likeness (QED) is 0.247. The zero-order valence-electron chi connectivity index (χ0n) is 26.5. The minimum Gasteiger partial charge on any atom is -0.497 e. The number of rotatable bonds is 15. The fraction of sp³-hybridized carbons (Fsp3) is 0.375. The first-order valence-electron chi connectivity index (χ1n) is 14.1. The Hall–Kier alpha value is -4.16. The normalized spacial score (nSPS) is 11.8. The molecule has 0 heterocycles. The SMILES string of the molecule is COc1ccc(CN(C(=O)CN(c2cc(Cl)ccc2OC)S(=O)(=O)c2ccc(OC)c(OC)c2)[C@@H](C)C(=O)NCC(C)C)cc1. The molecule has 0 radical (unpaired) electrons. The number of ether oxygens (including phenoxy) is 4. The largest absolute Gasteiger partial charge is 0.497 e. The predicted molar refractivity (Wildman–Crippen MR) is 173 cm³/mol. The maximum absolute atomic E-state index is 14.3. The van der Waals surface area contributed by atoms with Crippen molar-refractivity contribution in [1.82, 2.24) is 10.2 Å². The Morgan fingerprint density at radius 1 is 0.822 bits per heavy atom. The van der Waals surface area contributed by atoms with Crippen LogP contribution in [0.5, 0.6) is 23.0 Å². The third-order valence-electron chi connectivity index (χ3n) is 7.00. The van der Waals surface area contributed by atoms with Gasteiger partial charge in [-0.1, -0.05) is 37.6 Å². The van der Waals surface area contributed by atoms with Crippen molar-refractivity contribution in [3.8, 4) is 23.0 Å². The van der Waals surface area contributed by atoms with Gasteiger partial charge in [-0.2, -0.15) is 0 Å². The maximum atomic E-state index is 14.3. The average molecular weight is 662 g/mol. The highest BCUT2D eigenvalue weighted by Crippen LogP contribution is 2.37. The molecule has 1 atom stereocenters. The molecule has 3 rings (SSSR count). The summed E-state index contributed by atoms with van der Waals surface area (Å²) >= 11 is 6.31. The number of benzene rings is 3. The van der Waals surface area contributed by atoms with Crippen LogP contribution in [0.2, 0.25) is 5.02 Å². The smallest absolute Gasteiger partial charge is 0.265 e. The van der Waals surface area contributed by atoms with Gasteiger partial charge in [-0.25, -0.2) is 8.42 Å². The Bertz CT molecular complexity index is 1580. The number of amides is 2. The summed E-state index contributed by atoms with van der Waals surface area (Å²) in [5.74, 6) is 0.472.